The van der Waals surface area contributed by atoms with E-state index in [1.165, 1.54) is 6.07 Å². The zero-order chi connectivity index (χ0) is 17.7. The van der Waals surface area contributed by atoms with Gasteiger partial charge in [-0.2, -0.15) is 13.2 Å². The van der Waals surface area contributed by atoms with Crippen molar-refractivity contribution in [2.24, 2.45) is 0 Å². The molecule has 1 saturated heterocycles. The largest absolute Gasteiger partial charge is 0.416 e. The van der Waals surface area contributed by atoms with Crippen LogP contribution >= 0.6 is 0 Å². The normalized spacial score (nSPS) is 16.7. The molecule has 1 aromatic carbocycles. The third-order valence-electron chi connectivity index (χ3n) is 4.74. The van der Waals surface area contributed by atoms with E-state index < -0.39 is 11.7 Å². The summed E-state index contributed by atoms with van der Waals surface area (Å²) in [5, 5.41) is 0. The summed E-state index contributed by atoms with van der Waals surface area (Å²) < 4.78 is 38.2. The molecule has 1 amide bonds. The van der Waals surface area contributed by atoms with Gasteiger partial charge in [-0.15, -0.1) is 0 Å². The van der Waals surface area contributed by atoms with E-state index >= 15 is 0 Å². The maximum Gasteiger partial charge on any atom is 0.416 e. The van der Waals surface area contributed by atoms with Gasteiger partial charge in [-0.05, 0) is 24.5 Å². The van der Waals surface area contributed by atoms with Crippen molar-refractivity contribution in [2.75, 3.05) is 26.2 Å². The lowest BCUT2D eigenvalue weighted by Crippen LogP contribution is -2.52. The lowest BCUT2D eigenvalue weighted by molar-refractivity contribution is -0.138. The van der Waals surface area contributed by atoms with Crippen LogP contribution in [0.5, 0.6) is 0 Å². The smallest absolute Gasteiger partial charge is 0.340 e. The molecule has 0 bridgehead atoms. The van der Waals surface area contributed by atoms with Crippen LogP contribution in [-0.2, 0) is 17.4 Å². The Labute approximate surface area is 141 Å². The Bertz CT molecular complexity index is 547. The molecule has 1 aliphatic rings. The SMILES string of the molecule is CCC(CC)N1CCN(C(=O)Cc2cccc(C(F)(F)F)c2)CC1. The number of carbonyl (C=O) groups excluding carboxylic acids is 1. The summed E-state index contributed by atoms with van der Waals surface area (Å²) in [6.07, 6.45) is -2.17. The lowest BCUT2D eigenvalue weighted by Gasteiger charge is -2.39. The third-order valence-corrected chi connectivity index (χ3v) is 4.74. The van der Waals surface area contributed by atoms with Crippen LogP contribution in [0.4, 0.5) is 13.2 Å². The molecule has 0 unspecified atom stereocenters. The van der Waals surface area contributed by atoms with Crippen LogP contribution in [0, 0.1) is 0 Å². The first kappa shape index (κ1) is 18.8. The number of alkyl halides is 3. The van der Waals surface area contributed by atoms with E-state index in [2.05, 4.69) is 18.7 Å². The van der Waals surface area contributed by atoms with Crippen molar-refractivity contribution in [1.82, 2.24) is 9.80 Å². The number of amides is 1. The van der Waals surface area contributed by atoms with E-state index in [-0.39, 0.29) is 12.3 Å². The summed E-state index contributed by atoms with van der Waals surface area (Å²) in [5.74, 6) is -0.0986. The highest BCUT2D eigenvalue weighted by Gasteiger charge is 2.31. The van der Waals surface area contributed by atoms with Crippen molar-refractivity contribution < 1.29 is 18.0 Å². The van der Waals surface area contributed by atoms with Crippen LogP contribution < -0.4 is 0 Å². The van der Waals surface area contributed by atoms with Gasteiger partial charge in [0.05, 0.1) is 12.0 Å². The van der Waals surface area contributed by atoms with Crippen molar-refractivity contribution in [3.63, 3.8) is 0 Å². The molecule has 24 heavy (non-hydrogen) atoms. The van der Waals surface area contributed by atoms with Crippen LogP contribution in [0.15, 0.2) is 24.3 Å². The minimum Gasteiger partial charge on any atom is -0.340 e. The van der Waals surface area contributed by atoms with E-state index in [9.17, 15) is 18.0 Å². The average Bonchev–Trinajstić information content (AvgIpc) is 2.56. The molecule has 1 heterocycles. The molecule has 134 valence electrons. The van der Waals surface area contributed by atoms with Crippen LogP contribution in [-0.4, -0.2) is 47.9 Å². The zero-order valence-electron chi connectivity index (χ0n) is 14.3. The molecule has 0 radical (unpaired) electrons. The van der Waals surface area contributed by atoms with Crippen LogP contribution in [0.3, 0.4) is 0 Å². The van der Waals surface area contributed by atoms with Gasteiger partial charge in [0, 0.05) is 32.2 Å². The minimum absolute atomic E-state index is 0.0227. The third kappa shape index (κ3) is 4.72. The van der Waals surface area contributed by atoms with E-state index in [1.807, 2.05) is 0 Å². The standard InChI is InChI=1S/C18H25F3N2O/c1-3-16(4-2)22-8-10-23(11-9-22)17(24)13-14-6-5-7-15(12-14)18(19,20)21/h5-7,12,16H,3-4,8-11,13H2,1-2H3. The van der Waals surface area contributed by atoms with E-state index in [0.29, 0.717) is 24.7 Å². The molecule has 1 aliphatic heterocycles. The average molecular weight is 342 g/mol. The molecule has 0 saturated carbocycles. The summed E-state index contributed by atoms with van der Waals surface area (Å²) in [6.45, 7) is 7.29. The predicted octanol–water partition coefficient (Wildman–Crippen LogP) is 3.58. The molecule has 0 N–H and O–H groups in total. The highest BCUT2D eigenvalue weighted by molar-refractivity contribution is 5.79. The Kier molecular flexibility index (Phi) is 6.27. The first-order valence-corrected chi connectivity index (χ1v) is 8.53. The quantitative estimate of drug-likeness (QED) is 0.817. The van der Waals surface area contributed by atoms with Gasteiger partial charge in [0.15, 0.2) is 0 Å². The molecule has 0 aromatic heterocycles. The predicted molar refractivity (Wildman–Crippen MR) is 87.7 cm³/mol. The first-order chi connectivity index (χ1) is 11.3. The number of carbonyl (C=O) groups is 1. The number of hydrogen-bond donors (Lipinski definition) is 0. The van der Waals surface area contributed by atoms with E-state index in [0.717, 1.165) is 38.1 Å². The Balaban J connectivity index is 1.92. The van der Waals surface area contributed by atoms with Gasteiger partial charge in [0.1, 0.15) is 0 Å². The Morgan fingerprint density at radius 1 is 1.12 bits per heavy atom. The molecular weight excluding hydrogens is 317 g/mol. The van der Waals surface area contributed by atoms with Gasteiger partial charge < -0.3 is 4.90 Å². The topological polar surface area (TPSA) is 23.6 Å². The second-order valence-corrected chi connectivity index (χ2v) is 6.26. The molecule has 2 rings (SSSR count). The van der Waals surface area contributed by atoms with Gasteiger partial charge >= 0.3 is 6.18 Å². The van der Waals surface area contributed by atoms with Crippen molar-refractivity contribution in [2.45, 2.75) is 45.3 Å². The van der Waals surface area contributed by atoms with Gasteiger partial charge in [-0.25, -0.2) is 0 Å². The summed E-state index contributed by atoms with van der Waals surface area (Å²) in [5.41, 5.74) is -0.288. The monoisotopic (exact) mass is 342 g/mol. The molecule has 1 aromatic rings. The van der Waals surface area contributed by atoms with E-state index in [4.69, 9.17) is 0 Å². The van der Waals surface area contributed by atoms with Crippen LogP contribution in [0.25, 0.3) is 0 Å². The highest BCUT2D eigenvalue weighted by Crippen LogP contribution is 2.29. The van der Waals surface area contributed by atoms with Crippen molar-refractivity contribution in [3.8, 4) is 0 Å². The fraction of sp³-hybridized carbons (Fsp3) is 0.611. The number of nitrogens with zero attached hydrogens (tertiary/aromatic N) is 2. The van der Waals surface area contributed by atoms with Crippen LogP contribution in [0.2, 0.25) is 0 Å². The molecule has 3 nitrogen and oxygen atoms in total. The second kappa shape index (κ2) is 8.01. The Morgan fingerprint density at radius 3 is 2.29 bits per heavy atom. The minimum atomic E-state index is -4.37. The van der Waals surface area contributed by atoms with Crippen LogP contribution in [0.1, 0.15) is 37.8 Å². The highest BCUT2D eigenvalue weighted by atomic mass is 19.4. The summed E-state index contributed by atoms with van der Waals surface area (Å²) >= 11 is 0. The molecule has 0 aliphatic carbocycles. The van der Waals surface area contributed by atoms with Crippen molar-refractivity contribution in [3.05, 3.63) is 35.4 Å². The van der Waals surface area contributed by atoms with Crippen molar-refractivity contribution in [1.29, 1.82) is 0 Å². The number of benzene rings is 1. The van der Waals surface area contributed by atoms with Gasteiger partial charge in [-0.3, -0.25) is 9.69 Å². The number of hydrogen-bond acceptors (Lipinski definition) is 2. The Morgan fingerprint density at radius 2 is 1.75 bits per heavy atom. The van der Waals surface area contributed by atoms with Gasteiger partial charge in [0.2, 0.25) is 5.91 Å². The summed E-state index contributed by atoms with van der Waals surface area (Å²) in [6, 6.07) is 5.58. The summed E-state index contributed by atoms with van der Waals surface area (Å²) in [4.78, 5) is 16.5. The van der Waals surface area contributed by atoms with Crippen molar-refractivity contribution >= 4 is 5.91 Å². The number of piperazine rings is 1. The van der Waals surface area contributed by atoms with E-state index in [1.54, 1.807) is 11.0 Å². The maximum atomic E-state index is 12.7. The number of halogens is 3. The first-order valence-electron chi connectivity index (χ1n) is 8.53. The molecule has 6 heteroatoms. The zero-order valence-corrected chi connectivity index (χ0v) is 14.3. The fourth-order valence-electron chi connectivity index (χ4n) is 3.29. The second-order valence-electron chi connectivity index (χ2n) is 6.26. The molecule has 0 atom stereocenters. The Hall–Kier alpha value is -1.56. The lowest BCUT2D eigenvalue weighted by atomic mass is 10.1. The molecule has 1 fully saturated rings. The molecular formula is C18H25F3N2O. The van der Waals surface area contributed by atoms with Gasteiger partial charge in [0.25, 0.3) is 0 Å². The molecule has 0 spiro atoms. The maximum absolute atomic E-state index is 12.7. The van der Waals surface area contributed by atoms with Gasteiger partial charge in [-0.1, -0.05) is 32.0 Å². The number of rotatable bonds is 5. The summed E-state index contributed by atoms with van der Waals surface area (Å²) in [7, 11) is 0. The fourth-order valence-corrected chi connectivity index (χ4v) is 3.29.